The minimum absolute atomic E-state index is 0.202. The Bertz CT molecular complexity index is 403. The summed E-state index contributed by atoms with van der Waals surface area (Å²) in [7, 11) is 0. The van der Waals surface area contributed by atoms with Crippen LogP contribution in [0.5, 0.6) is 0 Å². The van der Waals surface area contributed by atoms with Gasteiger partial charge in [-0.3, -0.25) is 9.78 Å². The quantitative estimate of drug-likeness (QED) is 0.848. The van der Waals surface area contributed by atoms with Gasteiger partial charge in [-0.2, -0.15) is 0 Å². The standard InChI is InChI=1S/C9H10BrFN4O/c10-7-3-12-4-8(14-7)15-9(16)6-1-5(11)2-13-6/h3-6,13H,1-2H2,(H,14,15,16)/t5-,6+/m1/s1. The first-order chi connectivity index (χ1) is 7.65. The summed E-state index contributed by atoms with van der Waals surface area (Å²) in [6.45, 7) is 0.224. The normalized spacial score (nSPS) is 24.4. The van der Waals surface area contributed by atoms with E-state index in [2.05, 4.69) is 36.5 Å². The molecule has 1 fully saturated rings. The fourth-order valence-corrected chi connectivity index (χ4v) is 1.82. The second-order valence-electron chi connectivity index (χ2n) is 3.51. The first-order valence-corrected chi connectivity index (χ1v) is 5.60. The van der Waals surface area contributed by atoms with Crippen molar-refractivity contribution in [2.45, 2.75) is 18.6 Å². The van der Waals surface area contributed by atoms with E-state index < -0.39 is 12.2 Å². The lowest BCUT2D eigenvalue weighted by atomic mass is 10.2. The Hall–Kier alpha value is -1.08. The highest BCUT2D eigenvalue weighted by Crippen LogP contribution is 2.13. The van der Waals surface area contributed by atoms with E-state index in [0.717, 1.165) is 0 Å². The van der Waals surface area contributed by atoms with E-state index >= 15 is 0 Å². The minimum atomic E-state index is -0.954. The predicted molar refractivity (Wildman–Crippen MR) is 59.7 cm³/mol. The fraction of sp³-hybridized carbons (Fsp3) is 0.444. The summed E-state index contributed by atoms with van der Waals surface area (Å²) in [6.07, 6.45) is 2.20. The molecular formula is C9H10BrFN4O. The van der Waals surface area contributed by atoms with Gasteiger partial charge < -0.3 is 10.6 Å². The highest BCUT2D eigenvalue weighted by molar-refractivity contribution is 9.10. The Morgan fingerprint density at radius 2 is 2.44 bits per heavy atom. The van der Waals surface area contributed by atoms with E-state index in [-0.39, 0.29) is 18.9 Å². The van der Waals surface area contributed by atoms with Crippen LogP contribution in [0.3, 0.4) is 0 Å². The second kappa shape index (κ2) is 4.84. The number of carbonyl (C=O) groups excluding carboxylic acids is 1. The van der Waals surface area contributed by atoms with Crippen LogP contribution in [0.25, 0.3) is 0 Å². The zero-order valence-corrected chi connectivity index (χ0v) is 9.87. The van der Waals surface area contributed by atoms with Crippen molar-refractivity contribution in [2.75, 3.05) is 11.9 Å². The molecule has 16 heavy (non-hydrogen) atoms. The first-order valence-electron chi connectivity index (χ1n) is 4.81. The summed E-state index contributed by atoms with van der Waals surface area (Å²) in [5.41, 5.74) is 0. The van der Waals surface area contributed by atoms with E-state index in [1.54, 1.807) is 0 Å². The van der Waals surface area contributed by atoms with Crippen molar-refractivity contribution in [1.29, 1.82) is 0 Å². The number of hydrogen-bond acceptors (Lipinski definition) is 4. The van der Waals surface area contributed by atoms with Gasteiger partial charge in [0.25, 0.3) is 0 Å². The lowest BCUT2D eigenvalue weighted by Crippen LogP contribution is -2.35. The van der Waals surface area contributed by atoms with Gasteiger partial charge in [0, 0.05) is 13.0 Å². The molecule has 0 saturated carbocycles. The van der Waals surface area contributed by atoms with Crippen molar-refractivity contribution in [1.82, 2.24) is 15.3 Å². The Kier molecular flexibility index (Phi) is 3.45. The topological polar surface area (TPSA) is 66.9 Å². The van der Waals surface area contributed by atoms with Crippen LogP contribution in [0.1, 0.15) is 6.42 Å². The molecule has 0 aliphatic carbocycles. The third kappa shape index (κ3) is 2.73. The van der Waals surface area contributed by atoms with Crippen LogP contribution in [0, 0.1) is 0 Å². The van der Waals surface area contributed by atoms with E-state index in [1.165, 1.54) is 12.4 Å². The number of hydrogen-bond donors (Lipinski definition) is 2. The van der Waals surface area contributed by atoms with E-state index in [0.29, 0.717) is 10.4 Å². The van der Waals surface area contributed by atoms with Crippen LogP contribution in [0.15, 0.2) is 17.0 Å². The van der Waals surface area contributed by atoms with E-state index in [9.17, 15) is 9.18 Å². The van der Waals surface area contributed by atoms with Crippen molar-refractivity contribution < 1.29 is 9.18 Å². The summed E-state index contributed by atoms with van der Waals surface area (Å²) in [6, 6.07) is -0.490. The van der Waals surface area contributed by atoms with Gasteiger partial charge in [-0.05, 0) is 15.9 Å². The number of aromatic nitrogens is 2. The molecule has 0 unspecified atom stereocenters. The molecule has 7 heteroatoms. The number of halogens is 2. The van der Waals surface area contributed by atoms with E-state index in [4.69, 9.17) is 0 Å². The third-order valence-electron chi connectivity index (χ3n) is 2.25. The van der Waals surface area contributed by atoms with Crippen LogP contribution < -0.4 is 10.6 Å². The van der Waals surface area contributed by atoms with Crippen molar-refractivity contribution in [2.24, 2.45) is 0 Å². The number of rotatable bonds is 2. The average Bonchev–Trinajstić information content (AvgIpc) is 2.65. The Balaban J connectivity index is 1.97. The van der Waals surface area contributed by atoms with Gasteiger partial charge in [-0.1, -0.05) is 0 Å². The predicted octanol–water partition coefficient (Wildman–Crippen LogP) is 0.878. The monoisotopic (exact) mass is 288 g/mol. The van der Waals surface area contributed by atoms with Gasteiger partial charge in [0.1, 0.15) is 10.8 Å². The van der Waals surface area contributed by atoms with Gasteiger partial charge in [0.2, 0.25) is 5.91 Å². The summed E-state index contributed by atoms with van der Waals surface area (Å²) >= 11 is 3.14. The minimum Gasteiger partial charge on any atom is -0.308 e. The molecule has 2 N–H and O–H groups in total. The third-order valence-corrected chi connectivity index (χ3v) is 2.63. The number of amides is 1. The molecule has 1 aliphatic rings. The van der Waals surface area contributed by atoms with Crippen molar-refractivity contribution in [3.05, 3.63) is 17.0 Å². The van der Waals surface area contributed by atoms with Gasteiger partial charge >= 0.3 is 0 Å². The number of alkyl halides is 1. The van der Waals surface area contributed by atoms with Crippen LogP contribution >= 0.6 is 15.9 Å². The van der Waals surface area contributed by atoms with Crippen LogP contribution in [-0.2, 0) is 4.79 Å². The maximum absolute atomic E-state index is 12.9. The molecule has 1 aromatic heterocycles. The summed E-state index contributed by atoms with van der Waals surface area (Å²) in [5.74, 6) is 0.0658. The van der Waals surface area contributed by atoms with Crippen molar-refractivity contribution in [3.63, 3.8) is 0 Å². The summed E-state index contributed by atoms with van der Waals surface area (Å²) in [5, 5.41) is 5.37. The molecular weight excluding hydrogens is 279 g/mol. The smallest absolute Gasteiger partial charge is 0.242 e. The van der Waals surface area contributed by atoms with Gasteiger partial charge in [-0.25, -0.2) is 9.37 Å². The number of anilines is 1. The number of carbonyl (C=O) groups is 1. The molecule has 1 amide bonds. The summed E-state index contributed by atoms with van der Waals surface area (Å²) in [4.78, 5) is 19.5. The van der Waals surface area contributed by atoms with E-state index in [1.807, 2.05) is 0 Å². The molecule has 2 atom stereocenters. The highest BCUT2D eigenvalue weighted by atomic mass is 79.9. The molecule has 2 rings (SSSR count). The second-order valence-corrected chi connectivity index (χ2v) is 4.32. The van der Waals surface area contributed by atoms with Crippen molar-refractivity contribution in [3.8, 4) is 0 Å². The average molecular weight is 289 g/mol. The molecule has 5 nitrogen and oxygen atoms in total. The number of nitrogens with one attached hydrogen (secondary N) is 2. The summed E-state index contributed by atoms with van der Waals surface area (Å²) < 4.78 is 13.4. The highest BCUT2D eigenvalue weighted by Gasteiger charge is 2.29. The molecule has 2 heterocycles. The Morgan fingerprint density at radius 1 is 1.62 bits per heavy atom. The first kappa shape index (κ1) is 11.4. The molecule has 0 aromatic carbocycles. The zero-order valence-electron chi connectivity index (χ0n) is 8.28. The van der Waals surface area contributed by atoms with Gasteiger partial charge in [-0.15, -0.1) is 0 Å². The van der Waals surface area contributed by atoms with Crippen LogP contribution in [0.4, 0.5) is 10.2 Å². The molecule has 86 valence electrons. The molecule has 0 bridgehead atoms. The SMILES string of the molecule is O=C(Nc1cncc(Br)n1)[C@@H]1C[C@@H](F)CN1. The van der Waals surface area contributed by atoms with Gasteiger partial charge in [0.15, 0.2) is 5.82 Å². The van der Waals surface area contributed by atoms with Crippen LogP contribution in [-0.4, -0.2) is 34.6 Å². The molecule has 1 aromatic rings. The Morgan fingerprint density at radius 3 is 3.06 bits per heavy atom. The number of nitrogens with zero attached hydrogens (tertiary/aromatic N) is 2. The maximum Gasteiger partial charge on any atom is 0.242 e. The molecule has 1 saturated heterocycles. The lowest BCUT2D eigenvalue weighted by molar-refractivity contribution is -0.117. The fourth-order valence-electron chi connectivity index (χ4n) is 1.51. The van der Waals surface area contributed by atoms with Gasteiger partial charge in [0.05, 0.1) is 18.4 Å². The Labute approximate surface area is 100.0 Å². The lowest BCUT2D eigenvalue weighted by Gasteiger charge is -2.09. The van der Waals surface area contributed by atoms with Crippen LogP contribution in [0.2, 0.25) is 0 Å². The molecule has 0 spiro atoms. The largest absolute Gasteiger partial charge is 0.308 e. The zero-order chi connectivity index (χ0) is 11.5. The molecule has 1 aliphatic heterocycles. The maximum atomic E-state index is 12.9. The molecule has 0 radical (unpaired) electrons. The van der Waals surface area contributed by atoms with Crippen molar-refractivity contribution >= 4 is 27.7 Å².